The van der Waals surface area contributed by atoms with Crippen molar-refractivity contribution in [3.63, 3.8) is 0 Å². The second-order valence-electron chi connectivity index (χ2n) is 5.08. The molecule has 3 rings (SSSR count). The van der Waals surface area contributed by atoms with Gasteiger partial charge in [0.1, 0.15) is 6.07 Å². The fourth-order valence-electron chi connectivity index (χ4n) is 2.15. The number of carboxylic acids is 2. The molecule has 0 bridgehead atoms. The Kier molecular flexibility index (Phi) is 4.59. The molecule has 128 valence electrons. The van der Waals surface area contributed by atoms with Gasteiger partial charge in [0.25, 0.3) is 0 Å². The summed E-state index contributed by atoms with van der Waals surface area (Å²) >= 11 is 1.29. The molecule has 3 aromatic rings. The zero-order chi connectivity index (χ0) is 18.7. The van der Waals surface area contributed by atoms with Gasteiger partial charge in [-0.05, 0) is 30.3 Å². The normalized spacial score (nSPS) is 11.1. The van der Waals surface area contributed by atoms with Crippen molar-refractivity contribution in [2.75, 3.05) is 5.43 Å². The second kappa shape index (κ2) is 7.00. The van der Waals surface area contributed by atoms with E-state index >= 15 is 0 Å². The van der Waals surface area contributed by atoms with Gasteiger partial charge in [-0.25, -0.2) is 14.6 Å². The monoisotopic (exact) mass is 366 g/mol. The molecule has 0 spiro atoms. The van der Waals surface area contributed by atoms with E-state index in [1.165, 1.54) is 23.5 Å². The number of fused-ring (bicyclic) bond motifs is 1. The lowest BCUT2D eigenvalue weighted by Gasteiger charge is -2.05. The van der Waals surface area contributed by atoms with Gasteiger partial charge in [0.2, 0.25) is 0 Å². The van der Waals surface area contributed by atoms with Gasteiger partial charge in [0.15, 0.2) is 10.7 Å². The van der Waals surface area contributed by atoms with Gasteiger partial charge in [0.05, 0.1) is 27.0 Å². The first kappa shape index (κ1) is 17.1. The number of aromatic carboxylic acids is 2. The standard InChI is InChI=1S/C17H10N4O4S/c18-8-13(15-19-12-3-1-2-4-14(12)26-15)21-20-11-6-9(16(22)23)5-10(7-11)17(24)25/h1-7,20H,(H,22,23)(H,24,25)/b21-13+. The van der Waals surface area contributed by atoms with Crippen molar-refractivity contribution in [1.29, 1.82) is 5.26 Å². The molecule has 8 nitrogen and oxygen atoms in total. The molecule has 0 unspecified atom stereocenters. The largest absolute Gasteiger partial charge is 0.478 e. The van der Waals surface area contributed by atoms with Crippen molar-refractivity contribution in [3.8, 4) is 6.07 Å². The number of aromatic nitrogens is 1. The predicted octanol–water partition coefficient (Wildman–Crippen LogP) is 3.03. The third-order valence-electron chi connectivity index (χ3n) is 3.33. The van der Waals surface area contributed by atoms with Gasteiger partial charge < -0.3 is 10.2 Å². The fraction of sp³-hybridized carbons (Fsp3) is 0. The highest BCUT2D eigenvalue weighted by molar-refractivity contribution is 7.20. The molecule has 9 heteroatoms. The summed E-state index contributed by atoms with van der Waals surface area (Å²) in [5, 5.41) is 31.8. The Labute approximate surface area is 150 Å². The Morgan fingerprint density at radius 2 is 1.77 bits per heavy atom. The third-order valence-corrected chi connectivity index (χ3v) is 4.37. The summed E-state index contributed by atoms with van der Waals surface area (Å²) in [6.45, 7) is 0. The summed E-state index contributed by atoms with van der Waals surface area (Å²) < 4.78 is 0.895. The van der Waals surface area contributed by atoms with Crippen LogP contribution in [0.5, 0.6) is 0 Å². The average Bonchev–Trinajstić information content (AvgIpc) is 3.05. The Balaban J connectivity index is 1.95. The van der Waals surface area contributed by atoms with E-state index < -0.39 is 11.9 Å². The minimum atomic E-state index is -1.27. The van der Waals surface area contributed by atoms with Crippen molar-refractivity contribution in [2.45, 2.75) is 0 Å². The summed E-state index contributed by atoms with van der Waals surface area (Å²) in [7, 11) is 0. The topological polar surface area (TPSA) is 136 Å². The number of carbonyl (C=O) groups is 2. The summed E-state index contributed by atoms with van der Waals surface area (Å²) in [6, 6.07) is 12.8. The smallest absolute Gasteiger partial charge is 0.335 e. The van der Waals surface area contributed by atoms with Crippen LogP contribution in [-0.4, -0.2) is 32.8 Å². The van der Waals surface area contributed by atoms with E-state index in [2.05, 4.69) is 15.5 Å². The summed E-state index contributed by atoms with van der Waals surface area (Å²) in [6.07, 6.45) is 0. The van der Waals surface area contributed by atoms with Crippen molar-refractivity contribution >= 4 is 44.9 Å². The number of para-hydroxylation sites is 1. The van der Waals surface area contributed by atoms with Crippen LogP contribution in [0.25, 0.3) is 10.2 Å². The van der Waals surface area contributed by atoms with E-state index in [1.807, 2.05) is 30.3 Å². The maximum atomic E-state index is 11.1. The van der Waals surface area contributed by atoms with Crippen LogP contribution in [0.4, 0.5) is 5.69 Å². The highest BCUT2D eigenvalue weighted by Crippen LogP contribution is 2.22. The first-order valence-corrected chi connectivity index (χ1v) is 8.01. The molecule has 0 radical (unpaired) electrons. The molecule has 0 amide bonds. The molecule has 2 aromatic carbocycles. The van der Waals surface area contributed by atoms with Gasteiger partial charge in [0, 0.05) is 0 Å². The molecule has 0 saturated heterocycles. The number of carboxylic acid groups (broad SMARTS) is 2. The number of hydrazone groups is 1. The Morgan fingerprint density at radius 3 is 2.35 bits per heavy atom. The lowest BCUT2D eigenvalue weighted by Crippen LogP contribution is -2.06. The third kappa shape index (κ3) is 3.50. The molecule has 0 atom stereocenters. The molecule has 3 N–H and O–H groups in total. The highest BCUT2D eigenvalue weighted by atomic mass is 32.1. The zero-order valence-electron chi connectivity index (χ0n) is 13.0. The van der Waals surface area contributed by atoms with E-state index in [0.717, 1.165) is 16.3 Å². The number of hydrogen-bond donors (Lipinski definition) is 3. The molecule has 26 heavy (non-hydrogen) atoms. The van der Waals surface area contributed by atoms with Crippen LogP contribution in [0.15, 0.2) is 47.6 Å². The van der Waals surface area contributed by atoms with Gasteiger partial charge in [-0.2, -0.15) is 10.4 Å². The molecule has 1 heterocycles. The van der Waals surface area contributed by atoms with Crippen LogP contribution in [0.3, 0.4) is 0 Å². The average molecular weight is 366 g/mol. The van der Waals surface area contributed by atoms with Crippen molar-refractivity contribution in [1.82, 2.24) is 4.98 Å². The summed E-state index contributed by atoms with van der Waals surface area (Å²) in [5.41, 5.74) is 2.99. The molecular weight excluding hydrogens is 356 g/mol. The van der Waals surface area contributed by atoms with E-state index in [4.69, 9.17) is 10.2 Å². The van der Waals surface area contributed by atoms with Crippen molar-refractivity contribution in [3.05, 3.63) is 58.6 Å². The molecule has 0 fully saturated rings. The fourth-order valence-corrected chi connectivity index (χ4v) is 3.06. The Morgan fingerprint density at radius 1 is 1.12 bits per heavy atom. The second-order valence-corrected chi connectivity index (χ2v) is 6.11. The SMILES string of the molecule is N#C/C(=N\Nc1cc(C(=O)O)cc(C(=O)O)c1)c1nc2ccccc2s1. The van der Waals surface area contributed by atoms with E-state index in [1.54, 1.807) is 0 Å². The lowest BCUT2D eigenvalue weighted by atomic mass is 10.1. The van der Waals surface area contributed by atoms with E-state index in [0.29, 0.717) is 5.01 Å². The van der Waals surface area contributed by atoms with Gasteiger partial charge >= 0.3 is 11.9 Å². The van der Waals surface area contributed by atoms with Crippen LogP contribution < -0.4 is 5.43 Å². The Hall–Kier alpha value is -3.77. The van der Waals surface area contributed by atoms with E-state index in [9.17, 15) is 14.9 Å². The number of nitrogens with one attached hydrogen (secondary N) is 1. The quantitative estimate of drug-likeness (QED) is 0.466. The van der Waals surface area contributed by atoms with Crippen LogP contribution in [-0.2, 0) is 0 Å². The first-order chi connectivity index (χ1) is 12.5. The number of nitriles is 1. The maximum absolute atomic E-state index is 11.1. The number of benzene rings is 2. The number of nitrogens with zero attached hydrogens (tertiary/aromatic N) is 3. The minimum Gasteiger partial charge on any atom is -0.478 e. The van der Waals surface area contributed by atoms with Crippen LogP contribution in [0.1, 0.15) is 25.7 Å². The number of anilines is 1. The maximum Gasteiger partial charge on any atom is 0.335 e. The van der Waals surface area contributed by atoms with E-state index in [-0.39, 0.29) is 22.5 Å². The van der Waals surface area contributed by atoms with Crippen LogP contribution in [0, 0.1) is 11.3 Å². The van der Waals surface area contributed by atoms with Gasteiger partial charge in [-0.1, -0.05) is 12.1 Å². The number of rotatable bonds is 5. The highest BCUT2D eigenvalue weighted by Gasteiger charge is 2.13. The molecule has 0 aliphatic carbocycles. The minimum absolute atomic E-state index is 0.00352. The van der Waals surface area contributed by atoms with Crippen molar-refractivity contribution in [2.24, 2.45) is 5.10 Å². The molecule has 1 aromatic heterocycles. The van der Waals surface area contributed by atoms with Crippen molar-refractivity contribution < 1.29 is 19.8 Å². The van der Waals surface area contributed by atoms with Gasteiger partial charge in [-0.3, -0.25) is 5.43 Å². The predicted molar refractivity (Wildman–Crippen MR) is 95.8 cm³/mol. The van der Waals surface area contributed by atoms with Gasteiger partial charge in [-0.15, -0.1) is 11.3 Å². The molecule has 0 saturated carbocycles. The molecule has 0 aliphatic rings. The first-order valence-electron chi connectivity index (χ1n) is 7.19. The van der Waals surface area contributed by atoms with Crippen LogP contribution >= 0.6 is 11.3 Å². The van der Waals surface area contributed by atoms with Crippen LogP contribution in [0.2, 0.25) is 0 Å². The lowest BCUT2D eigenvalue weighted by molar-refractivity contribution is 0.0696. The summed E-state index contributed by atoms with van der Waals surface area (Å²) in [5.74, 6) is -2.54. The number of hydrogen-bond acceptors (Lipinski definition) is 7. The molecular formula is C17H10N4O4S. The molecule has 0 aliphatic heterocycles. The summed E-state index contributed by atoms with van der Waals surface area (Å²) in [4.78, 5) is 26.6. The number of thiazole rings is 1. The zero-order valence-corrected chi connectivity index (χ0v) is 13.8. The Bertz CT molecular complexity index is 1030.